The van der Waals surface area contributed by atoms with Crippen molar-refractivity contribution in [1.29, 1.82) is 0 Å². The molecule has 0 aromatic heterocycles. The Morgan fingerprint density at radius 3 is 2.62 bits per heavy atom. The molecule has 2 fully saturated rings. The first-order valence-corrected chi connectivity index (χ1v) is 8.92. The molecular weight excluding hydrogens is 256 g/mol. The van der Waals surface area contributed by atoms with Crippen molar-refractivity contribution < 1.29 is 0 Å². The lowest BCUT2D eigenvalue weighted by molar-refractivity contribution is 0.0181. The molecule has 2 aliphatic heterocycles. The minimum atomic E-state index is 0.773. The highest BCUT2D eigenvalue weighted by Crippen LogP contribution is 2.40. The molecule has 2 nitrogen and oxygen atoms in total. The quantitative estimate of drug-likeness (QED) is 0.912. The highest BCUT2D eigenvalue weighted by Gasteiger charge is 2.40. The lowest BCUT2D eigenvalue weighted by Gasteiger charge is -2.51. The molecule has 0 amide bonds. The highest BCUT2D eigenvalue weighted by molar-refractivity contribution is 5.40. The summed E-state index contributed by atoms with van der Waals surface area (Å²) in [6.45, 7) is 4.68. The number of nitrogens with zero attached hydrogens (tertiary/aromatic N) is 1. The number of piperidine rings is 2. The molecule has 3 unspecified atom stereocenters. The van der Waals surface area contributed by atoms with Crippen molar-refractivity contribution >= 4 is 0 Å². The van der Waals surface area contributed by atoms with Crippen LogP contribution in [0.5, 0.6) is 0 Å². The van der Waals surface area contributed by atoms with Crippen LogP contribution in [-0.2, 0) is 6.42 Å². The molecule has 2 heteroatoms. The average molecular weight is 284 g/mol. The van der Waals surface area contributed by atoms with Gasteiger partial charge in [-0.2, -0.15) is 0 Å². The Bertz CT molecular complexity index is 484. The third kappa shape index (κ3) is 2.53. The fraction of sp³-hybridized carbons (Fsp3) is 0.684. The van der Waals surface area contributed by atoms with Crippen LogP contribution >= 0.6 is 0 Å². The van der Waals surface area contributed by atoms with Gasteiger partial charge >= 0.3 is 0 Å². The number of hydrogen-bond donors (Lipinski definition) is 1. The molecule has 114 valence electrons. The third-order valence-corrected chi connectivity index (χ3v) is 6.01. The van der Waals surface area contributed by atoms with Gasteiger partial charge in [-0.25, -0.2) is 0 Å². The van der Waals surface area contributed by atoms with E-state index in [0.717, 1.165) is 30.6 Å². The first-order valence-electron chi connectivity index (χ1n) is 8.92. The third-order valence-electron chi connectivity index (χ3n) is 6.01. The molecule has 3 aliphatic rings. The van der Waals surface area contributed by atoms with Gasteiger partial charge in [-0.05, 0) is 49.8 Å². The molecule has 0 radical (unpaired) electrons. The Morgan fingerprint density at radius 2 is 1.90 bits per heavy atom. The second-order valence-electron chi connectivity index (χ2n) is 7.26. The van der Waals surface area contributed by atoms with Crippen molar-refractivity contribution in [1.82, 2.24) is 10.2 Å². The Labute approximate surface area is 128 Å². The summed E-state index contributed by atoms with van der Waals surface area (Å²) in [5, 5.41) is 3.70. The number of rotatable bonds is 4. The molecule has 21 heavy (non-hydrogen) atoms. The van der Waals surface area contributed by atoms with Crippen molar-refractivity contribution in [3.05, 3.63) is 35.4 Å². The minimum absolute atomic E-state index is 0.773. The Morgan fingerprint density at radius 1 is 1.14 bits per heavy atom. The van der Waals surface area contributed by atoms with Crippen molar-refractivity contribution in [3.8, 4) is 0 Å². The molecule has 2 heterocycles. The van der Waals surface area contributed by atoms with E-state index >= 15 is 0 Å². The van der Waals surface area contributed by atoms with Gasteiger partial charge in [0.15, 0.2) is 0 Å². The van der Waals surface area contributed by atoms with Crippen molar-refractivity contribution in [3.63, 3.8) is 0 Å². The predicted octanol–water partition coefficient (Wildman–Crippen LogP) is 3.32. The van der Waals surface area contributed by atoms with Crippen LogP contribution in [0.2, 0.25) is 0 Å². The van der Waals surface area contributed by atoms with Crippen molar-refractivity contribution in [2.45, 2.75) is 69.5 Å². The monoisotopic (exact) mass is 284 g/mol. The summed E-state index contributed by atoms with van der Waals surface area (Å²) in [6.07, 6.45) is 8.35. The van der Waals surface area contributed by atoms with E-state index in [4.69, 9.17) is 0 Å². The zero-order valence-corrected chi connectivity index (χ0v) is 13.2. The largest absolute Gasteiger partial charge is 0.314 e. The molecule has 4 rings (SSSR count). The van der Waals surface area contributed by atoms with E-state index in [1.54, 1.807) is 11.1 Å². The maximum absolute atomic E-state index is 3.70. The van der Waals surface area contributed by atoms with E-state index in [1.165, 1.54) is 45.1 Å². The Hall–Kier alpha value is -0.860. The lowest BCUT2D eigenvalue weighted by Crippen LogP contribution is -2.57. The molecule has 0 spiro atoms. The second-order valence-corrected chi connectivity index (χ2v) is 7.26. The average Bonchev–Trinajstić information content (AvgIpc) is 2.45. The van der Waals surface area contributed by atoms with Crippen LogP contribution in [0.3, 0.4) is 0 Å². The zero-order chi connectivity index (χ0) is 14.2. The molecule has 3 atom stereocenters. The lowest BCUT2D eigenvalue weighted by atomic mass is 9.75. The molecule has 1 aromatic carbocycles. The Kier molecular flexibility index (Phi) is 3.76. The van der Waals surface area contributed by atoms with Gasteiger partial charge in [-0.1, -0.05) is 37.6 Å². The maximum Gasteiger partial charge on any atom is 0.0113 e. The van der Waals surface area contributed by atoms with E-state index in [1.807, 2.05) is 0 Å². The summed E-state index contributed by atoms with van der Waals surface area (Å²) < 4.78 is 0. The van der Waals surface area contributed by atoms with Gasteiger partial charge in [0, 0.05) is 30.6 Å². The molecule has 2 saturated heterocycles. The van der Waals surface area contributed by atoms with Gasteiger partial charge in [-0.3, -0.25) is 4.90 Å². The van der Waals surface area contributed by atoms with Crippen molar-refractivity contribution in [2.75, 3.05) is 13.1 Å². The van der Waals surface area contributed by atoms with Crippen LogP contribution in [0, 0.1) is 0 Å². The van der Waals surface area contributed by atoms with Crippen LogP contribution in [0.1, 0.15) is 56.1 Å². The van der Waals surface area contributed by atoms with Crippen LogP contribution < -0.4 is 5.32 Å². The van der Waals surface area contributed by atoms with Gasteiger partial charge in [0.1, 0.15) is 0 Å². The van der Waals surface area contributed by atoms with Gasteiger partial charge in [0.25, 0.3) is 0 Å². The summed E-state index contributed by atoms with van der Waals surface area (Å²) in [5.41, 5.74) is 3.22. The molecular formula is C19H28N2. The molecule has 1 aromatic rings. The summed E-state index contributed by atoms with van der Waals surface area (Å²) in [4.78, 5) is 2.89. The molecule has 1 aliphatic carbocycles. The second kappa shape index (κ2) is 5.73. The normalized spacial score (nSPS) is 35.1. The first-order chi connectivity index (χ1) is 10.3. The number of nitrogens with one attached hydrogen (secondary N) is 1. The number of fused-ring (bicyclic) bond motifs is 3. The van der Waals surface area contributed by atoms with Gasteiger partial charge < -0.3 is 5.32 Å². The van der Waals surface area contributed by atoms with Crippen LogP contribution in [0.4, 0.5) is 0 Å². The summed E-state index contributed by atoms with van der Waals surface area (Å²) in [5.74, 6) is 0.806. The van der Waals surface area contributed by atoms with E-state index in [-0.39, 0.29) is 0 Å². The van der Waals surface area contributed by atoms with Crippen LogP contribution in [0.15, 0.2) is 24.3 Å². The first kappa shape index (κ1) is 13.8. The summed E-state index contributed by atoms with van der Waals surface area (Å²) >= 11 is 0. The summed E-state index contributed by atoms with van der Waals surface area (Å²) in [7, 11) is 0. The highest BCUT2D eigenvalue weighted by atomic mass is 15.2. The molecule has 2 bridgehead atoms. The molecule has 0 saturated carbocycles. The van der Waals surface area contributed by atoms with E-state index in [9.17, 15) is 0 Å². The Balaban J connectivity index is 1.44. The van der Waals surface area contributed by atoms with Crippen LogP contribution in [0.25, 0.3) is 0 Å². The summed E-state index contributed by atoms with van der Waals surface area (Å²) in [6, 6.07) is 11.5. The zero-order valence-electron chi connectivity index (χ0n) is 13.2. The van der Waals surface area contributed by atoms with Crippen molar-refractivity contribution in [2.24, 2.45) is 0 Å². The fourth-order valence-electron chi connectivity index (χ4n) is 5.01. The maximum atomic E-state index is 3.70. The predicted molar refractivity (Wildman–Crippen MR) is 87.7 cm³/mol. The van der Waals surface area contributed by atoms with Gasteiger partial charge in [0.05, 0.1) is 0 Å². The smallest absolute Gasteiger partial charge is 0.0113 e. The number of hydrogen-bond acceptors (Lipinski definition) is 2. The standard InChI is InChI=1S/C19H28N2/c1-2-20-16-11-17-7-5-8-18(12-16)21(17)13-15-10-14-6-3-4-9-19(14)15/h3-4,6,9,15-18,20H,2,5,7-8,10-13H2,1H3. The van der Waals surface area contributed by atoms with E-state index < -0.39 is 0 Å². The van der Waals surface area contributed by atoms with Gasteiger partial charge in [0.2, 0.25) is 0 Å². The van der Waals surface area contributed by atoms with E-state index in [0.29, 0.717) is 0 Å². The van der Waals surface area contributed by atoms with Crippen LogP contribution in [-0.4, -0.2) is 36.1 Å². The van der Waals surface area contributed by atoms with E-state index in [2.05, 4.69) is 41.4 Å². The van der Waals surface area contributed by atoms with Gasteiger partial charge in [-0.15, -0.1) is 0 Å². The topological polar surface area (TPSA) is 15.3 Å². The SMILES string of the molecule is CCNC1CC2CCCC(C1)N2CC1Cc2ccccc21. The molecule has 1 N–H and O–H groups in total. The fourth-order valence-corrected chi connectivity index (χ4v) is 5.01. The minimum Gasteiger partial charge on any atom is -0.314 e. The number of benzene rings is 1.